The quantitative estimate of drug-likeness (QED) is 0.261. The highest BCUT2D eigenvalue weighted by Gasteiger charge is 2.29. The second-order valence-electron chi connectivity index (χ2n) is 7.33. The maximum absolute atomic E-state index is 12.9. The fourth-order valence-corrected chi connectivity index (χ4v) is 2.73. The van der Waals surface area contributed by atoms with Crippen LogP contribution in [-0.2, 0) is 25.6 Å². The molecule has 1 aromatic rings. The van der Waals surface area contributed by atoms with Crippen molar-refractivity contribution in [3.05, 3.63) is 35.9 Å². The molecule has 4 unspecified atom stereocenters. The van der Waals surface area contributed by atoms with Crippen LogP contribution in [0.5, 0.6) is 0 Å². The highest BCUT2D eigenvalue weighted by Crippen LogP contribution is 2.06. The zero-order valence-corrected chi connectivity index (χ0v) is 18.2. The minimum Gasteiger partial charge on any atom is -0.480 e. The molecule has 0 heterocycles. The molecule has 0 bridgehead atoms. The number of hydrogen-bond acceptors (Lipinski definition) is 6. The second kappa shape index (κ2) is 12.2. The monoisotopic (exact) mass is 438 g/mol. The van der Waals surface area contributed by atoms with Crippen LogP contribution in [0.3, 0.4) is 0 Å². The van der Waals surface area contributed by atoms with Gasteiger partial charge >= 0.3 is 5.97 Å². The maximum Gasteiger partial charge on any atom is 0.325 e. The van der Waals surface area contributed by atoms with E-state index in [1.807, 2.05) is 30.3 Å². The van der Waals surface area contributed by atoms with Gasteiger partial charge in [0.05, 0.1) is 6.04 Å². The van der Waals surface area contributed by atoms with Gasteiger partial charge < -0.3 is 26.8 Å². The highest BCUT2D eigenvalue weighted by atomic mass is 32.1. The summed E-state index contributed by atoms with van der Waals surface area (Å²) in [5.41, 5.74) is 6.69. The number of rotatable bonds is 11. The minimum absolute atomic E-state index is 0.0541. The van der Waals surface area contributed by atoms with Crippen molar-refractivity contribution in [1.82, 2.24) is 16.0 Å². The Morgan fingerprint density at radius 2 is 1.47 bits per heavy atom. The van der Waals surface area contributed by atoms with Crippen molar-refractivity contribution in [3.8, 4) is 0 Å². The average molecular weight is 439 g/mol. The van der Waals surface area contributed by atoms with Gasteiger partial charge in [0.15, 0.2) is 0 Å². The smallest absolute Gasteiger partial charge is 0.325 e. The molecule has 0 saturated heterocycles. The molecule has 166 valence electrons. The van der Waals surface area contributed by atoms with E-state index in [1.165, 1.54) is 6.92 Å². The molecular formula is C20H30N4O5S. The third-order valence-corrected chi connectivity index (χ3v) is 4.85. The Bertz CT molecular complexity index is 744. The predicted octanol–water partition coefficient (Wildman–Crippen LogP) is -0.299. The number of carbonyl (C=O) groups is 4. The van der Waals surface area contributed by atoms with Gasteiger partial charge in [0, 0.05) is 12.2 Å². The zero-order valence-electron chi connectivity index (χ0n) is 17.3. The van der Waals surface area contributed by atoms with Crippen LogP contribution in [0.25, 0.3) is 0 Å². The van der Waals surface area contributed by atoms with Crippen LogP contribution in [-0.4, -0.2) is 58.7 Å². The fraction of sp³-hybridized carbons (Fsp3) is 0.500. The van der Waals surface area contributed by atoms with Crippen molar-refractivity contribution >= 4 is 36.3 Å². The van der Waals surface area contributed by atoms with E-state index in [0.717, 1.165) is 5.56 Å². The minimum atomic E-state index is -1.20. The summed E-state index contributed by atoms with van der Waals surface area (Å²) >= 11 is 4.07. The molecule has 0 aromatic heterocycles. The van der Waals surface area contributed by atoms with Gasteiger partial charge in [-0.1, -0.05) is 44.2 Å². The van der Waals surface area contributed by atoms with Gasteiger partial charge in [0.25, 0.3) is 0 Å². The van der Waals surface area contributed by atoms with Crippen molar-refractivity contribution in [3.63, 3.8) is 0 Å². The predicted molar refractivity (Wildman–Crippen MR) is 116 cm³/mol. The number of carboxylic acids is 1. The molecule has 4 atom stereocenters. The van der Waals surface area contributed by atoms with Crippen molar-refractivity contribution in [1.29, 1.82) is 0 Å². The van der Waals surface area contributed by atoms with Crippen molar-refractivity contribution in [2.45, 2.75) is 51.4 Å². The molecule has 1 rings (SSSR count). The van der Waals surface area contributed by atoms with Crippen LogP contribution in [0.2, 0.25) is 0 Å². The molecule has 0 spiro atoms. The molecule has 0 fully saturated rings. The Labute approximate surface area is 181 Å². The number of nitrogens with one attached hydrogen (secondary N) is 3. The summed E-state index contributed by atoms with van der Waals surface area (Å²) in [7, 11) is 0. The Morgan fingerprint density at radius 3 is 1.97 bits per heavy atom. The maximum atomic E-state index is 12.9. The Morgan fingerprint density at radius 1 is 0.933 bits per heavy atom. The fourth-order valence-electron chi connectivity index (χ4n) is 2.47. The van der Waals surface area contributed by atoms with E-state index in [1.54, 1.807) is 13.8 Å². The summed E-state index contributed by atoms with van der Waals surface area (Å²) < 4.78 is 0. The van der Waals surface area contributed by atoms with Crippen molar-refractivity contribution < 1.29 is 24.3 Å². The lowest BCUT2D eigenvalue weighted by molar-refractivity contribution is -0.141. The van der Waals surface area contributed by atoms with Crippen LogP contribution < -0.4 is 21.7 Å². The van der Waals surface area contributed by atoms with E-state index in [0.29, 0.717) is 0 Å². The van der Waals surface area contributed by atoms with E-state index < -0.39 is 47.9 Å². The third-order valence-electron chi connectivity index (χ3n) is 4.48. The van der Waals surface area contributed by atoms with Crippen molar-refractivity contribution in [2.75, 3.05) is 5.75 Å². The summed E-state index contributed by atoms with van der Waals surface area (Å²) in [6.45, 7) is 4.90. The number of carboxylic acid groups (broad SMARTS) is 1. The molecule has 30 heavy (non-hydrogen) atoms. The van der Waals surface area contributed by atoms with Crippen LogP contribution in [0, 0.1) is 5.92 Å². The number of benzene rings is 1. The molecule has 10 heteroatoms. The highest BCUT2D eigenvalue weighted by molar-refractivity contribution is 7.80. The molecule has 0 aliphatic rings. The first-order valence-corrected chi connectivity index (χ1v) is 10.2. The summed E-state index contributed by atoms with van der Waals surface area (Å²) in [4.78, 5) is 48.5. The largest absolute Gasteiger partial charge is 0.480 e. The van der Waals surface area contributed by atoms with E-state index in [9.17, 15) is 19.2 Å². The first kappa shape index (κ1) is 25.4. The van der Waals surface area contributed by atoms with E-state index in [4.69, 9.17) is 10.8 Å². The Kier molecular flexibility index (Phi) is 10.3. The third kappa shape index (κ3) is 8.03. The topological polar surface area (TPSA) is 151 Å². The van der Waals surface area contributed by atoms with E-state index >= 15 is 0 Å². The molecular weight excluding hydrogens is 408 g/mol. The van der Waals surface area contributed by atoms with Gasteiger partial charge in [0.2, 0.25) is 17.7 Å². The average Bonchev–Trinajstić information content (AvgIpc) is 2.70. The van der Waals surface area contributed by atoms with Gasteiger partial charge in [0.1, 0.15) is 18.1 Å². The number of nitrogens with two attached hydrogens (primary N) is 1. The summed E-state index contributed by atoms with van der Waals surface area (Å²) in [5, 5.41) is 16.4. The zero-order chi connectivity index (χ0) is 22.8. The van der Waals surface area contributed by atoms with Gasteiger partial charge in [-0.25, -0.2) is 0 Å². The summed E-state index contributed by atoms with van der Waals surface area (Å²) in [6.07, 6.45) is 0.190. The molecule has 0 radical (unpaired) electrons. The molecule has 3 amide bonds. The molecule has 1 aromatic carbocycles. The first-order valence-electron chi connectivity index (χ1n) is 9.61. The number of aliphatic carboxylic acids is 1. The number of thiol groups is 1. The van der Waals surface area contributed by atoms with E-state index in [2.05, 4.69) is 28.6 Å². The van der Waals surface area contributed by atoms with Crippen molar-refractivity contribution in [2.24, 2.45) is 11.7 Å². The van der Waals surface area contributed by atoms with Crippen LogP contribution >= 0.6 is 12.6 Å². The lowest BCUT2D eigenvalue weighted by atomic mass is 10.0. The SMILES string of the molecule is CC(NC(=O)C(CS)NC(=O)C(Cc1ccccc1)NC(=O)C(N)C(C)C)C(=O)O. The second-order valence-corrected chi connectivity index (χ2v) is 7.70. The standard InChI is InChI=1S/C20H30N4O5S/c1-11(2)16(21)19(27)23-14(9-13-7-5-4-6-8-13)17(25)24-15(10-30)18(26)22-12(3)20(28)29/h4-8,11-12,14-16,30H,9-10,21H2,1-3H3,(H,22,26)(H,23,27)(H,24,25)(H,28,29). The Hall–Kier alpha value is -2.59. The lowest BCUT2D eigenvalue weighted by Gasteiger charge is -2.25. The molecule has 6 N–H and O–H groups in total. The van der Waals surface area contributed by atoms with Crippen LogP contribution in [0.15, 0.2) is 30.3 Å². The number of amides is 3. The molecule has 9 nitrogen and oxygen atoms in total. The van der Waals surface area contributed by atoms with Gasteiger partial charge in [-0.2, -0.15) is 12.6 Å². The summed E-state index contributed by atoms with van der Waals surface area (Å²) in [5.74, 6) is -3.14. The summed E-state index contributed by atoms with van der Waals surface area (Å²) in [6, 6.07) is 5.10. The molecule has 0 aliphatic carbocycles. The molecule has 0 aliphatic heterocycles. The Balaban J connectivity index is 2.95. The van der Waals surface area contributed by atoms with E-state index in [-0.39, 0.29) is 18.1 Å². The normalized spacial score (nSPS) is 14.9. The van der Waals surface area contributed by atoms with Crippen LogP contribution in [0.1, 0.15) is 26.3 Å². The lowest BCUT2D eigenvalue weighted by Crippen LogP contribution is -2.58. The number of hydrogen-bond donors (Lipinski definition) is 6. The number of carbonyl (C=O) groups excluding carboxylic acids is 3. The molecule has 0 saturated carbocycles. The van der Waals surface area contributed by atoms with Gasteiger partial charge in [-0.05, 0) is 18.4 Å². The van der Waals surface area contributed by atoms with Gasteiger partial charge in [-0.15, -0.1) is 0 Å². The first-order chi connectivity index (χ1) is 14.1. The van der Waals surface area contributed by atoms with Crippen LogP contribution in [0.4, 0.5) is 0 Å². The van der Waals surface area contributed by atoms with Gasteiger partial charge in [-0.3, -0.25) is 19.2 Å².